The number of hydrogen-bond acceptors (Lipinski definition) is 0. The molecular formula is C28H33Cl2SiZr. The van der Waals surface area contributed by atoms with Crippen molar-refractivity contribution in [3.8, 4) is 11.1 Å². The summed E-state index contributed by atoms with van der Waals surface area (Å²) in [6, 6.07) is 17.0. The first-order chi connectivity index (χ1) is 14.5. The van der Waals surface area contributed by atoms with Gasteiger partial charge in [0.05, 0.1) is 0 Å². The third-order valence-electron chi connectivity index (χ3n) is 8.56. The molecule has 4 heteroatoms. The van der Waals surface area contributed by atoms with Crippen LogP contribution in [0.2, 0.25) is 13.1 Å². The van der Waals surface area contributed by atoms with Gasteiger partial charge in [-0.3, -0.25) is 0 Å². The minimum absolute atomic E-state index is 0. The smallest absolute Gasteiger partial charge is 1.00 e. The topological polar surface area (TPSA) is 0 Å². The Hall–Kier alpha value is -0.140. The first-order valence-corrected chi connectivity index (χ1v) is 19.6. The van der Waals surface area contributed by atoms with Crippen LogP contribution in [0.15, 0.2) is 48.0 Å². The molecule has 0 saturated heterocycles. The molecular weight excluding hydrogens is 527 g/mol. The van der Waals surface area contributed by atoms with Gasteiger partial charge >= 0.3 is 196 Å². The van der Waals surface area contributed by atoms with Crippen LogP contribution < -0.4 is 24.8 Å². The number of allylic oxidation sites excluding steroid dienone is 1. The summed E-state index contributed by atoms with van der Waals surface area (Å²) >= 11 is -0.336. The first kappa shape index (κ1) is 25.0. The third kappa shape index (κ3) is 4.21. The van der Waals surface area contributed by atoms with Crippen LogP contribution >= 0.6 is 0 Å². The van der Waals surface area contributed by atoms with E-state index in [9.17, 15) is 0 Å². The van der Waals surface area contributed by atoms with Crippen LogP contribution in [0.5, 0.6) is 0 Å². The van der Waals surface area contributed by atoms with Gasteiger partial charge in [-0.2, -0.15) is 0 Å². The minimum Gasteiger partial charge on any atom is -1.00 e. The van der Waals surface area contributed by atoms with Crippen molar-refractivity contribution in [1.82, 2.24) is 0 Å². The summed E-state index contributed by atoms with van der Waals surface area (Å²) in [4.78, 5) is 0. The van der Waals surface area contributed by atoms with Gasteiger partial charge in [0.2, 0.25) is 0 Å². The summed E-state index contributed by atoms with van der Waals surface area (Å²) in [6.07, 6.45) is 11.5. The van der Waals surface area contributed by atoms with Gasteiger partial charge in [0, 0.05) is 0 Å². The number of fused-ring (bicyclic) bond motifs is 1. The van der Waals surface area contributed by atoms with E-state index in [0.29, 0.717) is 5.41 Å². The van der Waals surface area contributed by atoms with Crippen molar-refractivity contribution in [2.75, 3.05) is 0 Å². The fourth-order valence-corrected chi connectivity index (χ4v) is 16.6. The van der Waals surface area contributed by atoms with Crippen molar-refractivity contribution in [1.29, 1.82) is 0 Å². The van der Waals surface area contributed by atoms with E-state index in [1.165, 1.54) is 55.2 Å². The zero-order chi connectivity index (χ0) is 20.5. The summed E-state index contributed by atoms with van der Waals surface area (Å²) in [5.74, 6) is 2.99. The van der Waals surface area contributed by atoms with Crippen molar-refractivity contribution in [3.05, 3.63) is 64.7 Å². The van der Waals surface area contributed by atoms with E-state index in [1.54, 1.807) is 16.7 Å². The number of hydrogen-bond donors (Lipinski definition) is 0. The molecule has 32 heavy (non-hydrogen) atoms. The van der Waals surface area contributed by atoms with Gasteiger partial charge in [-0.15, -0.1) is 0 Å². The maximum absolute atomic E-state index is 2.52. The molecule has 1 atom stereocenters. The second kappa shape index (κ2) is 9.49. The van der Waals surface area contributed by atoms with Crippen LogP contribution in [-0.4, -0.2) is 5.92 Å². The Bertz CT molecular complexity index is 975. The Kier molecular flexibility index (Phi) is 7.40. The van der Waals surface area contributed by atoms with Crippen molar-refractivity contribution in [3.63, 3.8) is 0 Å². The van der Waals surface area contributed by atoms with Crippen molar-refractivity contribution in [2.45, 2.75) is 67.6 Å². The fraction of sp³-hybridized carbons (Fsp3) is 0.500. The van der Waals surface area contributed by atoms with Gasteiger partial charge in [-0.05, 0) is 0 Å². The molecule has 0 nitrogen and oxygen atoms in total. The van der Waals surface area contributed by atoms with E-state index >= 15 is 0 Å². The van der Waals surface area contributed by atoms with E-state index in [1.807, 2.05) is 0 Å². The summed E-state index contributed by atoms with van der Waals surface area (Å²) < 4.78 is 0.818. The quantitative estimate of drug-likeness (QED) is 0.500. The van der Waals surface area contributed by atoms with Gasteiger partial charge < -0.3 is 24.8 Å². The molecule has 0 amide bonds. The van der Waals surface area contributed by atoms with Crippen LogP contribution in [0.4, 0.5) is 0 Å². The molecule has 1 radical (unpaired) electrons. The number of halogens is 2. The second-order valence-corrected chi connectivity index (χ2v) is 24.3. The molecule has 167 valence electrons. The maximum Gasteiger partial charge on any atom is -1.00 e. The molecule has 2 aromatic carbocycles. The van der Waals surface area contributed by atoms with E-state index in [-0.39, 0.29) is 53.1 Å². The van der Waals surface area contributed by atoms with E-state index < -0.39 is 0 Å². The normalized spacial score (nSPS) is 31.4. The monoisotopic (exact) mass is 557 g/mol. The van der Waals surface area contributed by atoms with Crippen molar-refractivity contribution in [2.24, 2.45) is 17.8 Å². The average molecular weight is 560 g/mol. The Morgan fingerprint density at radius 1 is 0.844 bits per heavy atom. The molecule has 1 unspecified atom stereocenters. The molecule has 5 aliphatic rings. The van der Waals surface area contributed by atoms with Crippen molar-refractivity contribution >= 4 is 12.0 Å². The van der Waals surface area contributed by atoms with Crippen LogP contribution in [0.25, 0.3) is 17.2 Å². The Balaban J connectivity index is 0.00000122. The predicted molar refractivity (Wildman–Crippen MR) is 126 cm³/mol. The Morgan fingerprint density at radius 3 is 2.00 bits per heavy atom. The summed E-state index contributed by atoms with van der Waals surface area (Å²) in [5, 5.41) is 0. The standard InChI is InChI=1S/C26H27.C2H6Si.2ClH.Zr/c1-17-9-22-3-2-4-24(25(22)10-17)21-5-7-23(8-6-21)26-14-18-11-19(15-26)13-20(12-18)16-26;1-3-2;;;/h2-10,18-20H,11-16H2,1H3;1-2H3;2*1H;/q;;;;+2/p-2. The van der Waals surface area contributed by atoms with Crippen molar-refractivity contribution < 1.29 is 47.2 Å². The van der Waals surface area contributed by atoms with Crippen LogP contribution in [-0.2, 0) is 27.8 Å². The third-order valence-corrected chi connectivity index (χ3v) is 17.7. The zero-order valence-corrected chi connectivity index (χ0v) is 24.4. The van der Waals surface area contributed by atoms with Crippen LogP contribution in [0.1, 0.15) is 65.8 Å². The fourth-order valence-electron chi connectivity index (χ4n) is 7.75. The molecule has 7 rings (SSSR count). The second-order valence-electron chi connectivity index (χ2n) is 11.0. The molecule has 0 aliphatic heterocycles. The van der Waals surface area contributed by atoms with Gasteiger partial charge in [-0.1, -0.05) is 0 Å². The molecule has 0 heterocycles. The molecule has 4 bridgehead atoms. The van der Waals surface area contributed by atoms with Crippen LogP contribution in [0.3, 0.4) is 0 Å². The summed E-state index contributed by atoms with van der Waals surface area (Å²) in [7, 11) is 0. The van der Waals surface area contributed by atoms with Gasteiger partial charge in [0.25, 0.3) is 0 Å². The summed E-state index contributed by atoms with van der Waals surface area (Å²) in [6.45, 7) is 7.43. The number of benzene rings is 2. The summed E-state index contributed by atoms with van der Waals surface area (Å²) in [5.41, 5.74) is 9.88. The van der Waals surface area contributed by atoms with E-state index in [2.05, 4.69) is 68.6 Å². The SMILES string of the molecule is CC1=Cc2c(-c3ccc(C45CC6CC(CC(C6)C4)C5)cc3)cccc2[CH]1[Zr+2][Si](C)C.[Cl-].[Cl-]. The molecule has 5 aliphatic carbocycles. The van der Waals surface area contributed by atoms with E-state index in [0.717, 1.165) is 21.4 Å². The molecule has 4 fully saturated rings. The Morgan fingerprint density at radius 2 is 1.44 bits per heavy atom. The molecule has 4 saturated carbocycles. The maximum atomic E-state index is 2.52. The van der Waals surface area contributed by atoms with E-state index in [4.69, 9.17) is 0 Å². The molecule has 0 N–H and O–H groups in total. The first-order valence-electron chi connectivity index (χ1n) is 12.0. The number of rotatable bonds is 4. The van der Waals surface area contributed by atoms with Crippen LogP contribution in [0, 0.1) is 17.8 Å². The zero-order valence-electron chi connectivity index (χ0n) is 19.4. The Labute approximate surface area is 219 Å². The molecule has 0 spiro atoms. The predicted octanol–water partition coefficient (Wildman–Crippen LogP) is 1.62. The average Bonchev–Trinajstić information content (AvgIpc) is 3.02. The largest absolute Gasteiger partial charge is 1.00 e. The van der Waals surface area contributed by atoms with Gasteiger partial charge in [0.1, 0.15) is 0 Å². The van der Waals surface area contributed by atoms with Gasteiger partial charge in [0.15, 0.2) is 0 Å². The molecule has 2 aromatic rings. The molecule has 0 aromatic heterocycles. The minimum atomic E-state index is -0.336. The van der Waals surface area contributed by atoms with Gasteiger partial charge in [-0.25, -0.2) is 0 Å².